The number of unbranched alkanes of at least 4 members (excludes halogenated alkanes) is 1. The first-order chi connectivity index (χ1) is 14.5. The van der Waals surface area contributed by atoms with E-state index in [2.05, 4.69) is 48.3 Å². The molecule has 1 atom stereocenters. The van der Waals surface area contributed by atoms with Crippen molar-refractivity contribution in [3.63, 3.8) is 0 Å². The van der Waals surface area contributed by atoms with Gasteiger partial charge < -0.3 is 20.3 Å². The van der Waals surface area contributed by atoms with Crippen molar-refractivity contribution < 1.29 is 9.13 Å². The number of aliphatic imine (C=N–C) groups is 1. The number of benzene rings is 1. The first-order valence-corrected chi connectivity index (χ1v) is 11.3. The van der Waals surface area contributed by atoms with E-state index in [1.54, 1.807) is 0 Å². The van der Waals surface area contributed by atoms with Gasteiger partial charge >= 0.3 is 0 Å². The number of nitrogens with zero attached hydrogens (tertiary/aromatic N) is 3. The average molecular weight is 422 g/mol. The molecule has 30 heavy (non-hydrogen) atoms. The summed E-state index contributed by atoms with van der Waals surface area (Å²) in [6, 6.07) is 7.51. The molecule has 1 fully saturated rings. The molecule has 1 aromatic carbocycles. The van der Waals surface area contributed by atoms with Crippen LogP contribution in [-0.2, 0) is 4.74 Å². The van der Waals surface area contributed by atoms with Crippen molar-refractivity contribution >= 4 is 5.96 Å². The second kappa shape index (κ2) is 13.6. The molecule has 0 radical (unpaired) electrons. The zero-order valence-corrected chi connectivity index (χ0v) is 19.2. The van der Waals surface area contributed by atoms with E-state index >= 15 is 0 Å². The number of nitrogens with one attached hydrogen (secondary N) is 2. The first kappa shape index (κ1) is 24.6. The van der Waals surface area contributed by atoms with E-state index in [1.165, 1.54) is 12.1 Å². The van der Waals surface area contributed by atoms with Crippen molar-refractivity contribution in [3.8, 4) is 0 Å². The number of rotatable bonds is 11. The summed E-state index contributed by atoms with van der Waals surface area (Å²) in [6.07, 6.45) is 2.26. The van der Waals surface area contributed by atoms with Gasteiger partial charge in [0.2, 0.25) is 0 Å². The summed E-state index contributed by atoms with van der Waals surface area (Å²) >= 11 is 0. The molecule has 2 rings (SSSR count). The Labute approximate surface area is 181 Å². The Balaban J connectivity index is 1.94. The Morgan fingerprint density at radius 3 is 2.50 bits per heavy atom. The van der Waals surface area contributed by atoms with Gasteiger partial charge in [0, 0.05) is 32.2 Å². The summed E-state index contributed by atoms with van der Waals surface area (Å²) in [5.74, 6) is 0.635. The van der Waals surface area contributed by atoms with E-state index in [-0.39, 0.29) is 11.9 Å². The van der Waals surface area contributed by atoms with Crippen molar-refractivity contribution in [2.45, 2.75) is 45.7 Å². The molecule has 1 aliphatic rings. The van der Waals surface area contributed by atoms with Crippen molar-refractivity contribution in [2.24, 2.45) is 4.99 Å². The largest absolute Gasteiger partial charge is 0.379 e. The van der Waals surface area contributed by atoms with Crippen LogP contribution in [0.15, 0.2) is 29.3 Å². The van der Waals surface area contributed by atoms with Gasteiger partial charge in [0.15, 0.2) is 5.96 Å². The van der Waals surface area contributed by atoms with E-state index in [1.807, 2.05) is 12.1 Å². The Hall–Kier alpha value is -1.70. The van der Waals surface area contributed by atoms with Crippen LogP contribution in [0.4, 0.5) is 4.39 Å². The Morgan fingerprint density at radius 2 is 1.87 bits per heavy atom. The number of halogens is 1. The third-order valence-electron chi connectivity index (χ3n) is 5.62. The standard InChI is InChI=1S/C23H40FN5O/c1-5-25-23(26-12-6-7-13-28(4)19(2)3)27-18-22(29-14-16-30-17-15-29)20-8-10-21(24)11-9-20/h8-11,19,22H,5-7,12-18H2,1-4H3,(H2,25,26,27). The van der Waals surface area contributed by atoms with E-state index in [0.717, 1.165) is 70.3 Å². The van der Waals surface area contributed by atoms with Crippen LogP contribution in [0.1, 0.15) is 45.2 Å². The van der Waals surface area contributed by atoms with Crippen LogP contribution in [0.2, 0.25) is 0 Å². The quantitative estimate of drug-likeness (QED) is 0.327. The molecule has 0 saturated carbocycles. The van der Waals surface area contributed by atoms with Crippen molar-refractivity contribution in [1.82, 2.24) is 20.4 Å². The number of morpholine rings is 1. The highest BCUT2D eigenvalue weighted by atomic mass is 19.1. The molecule has 0 aliphatic carbocycles. The molecule has 1 aliphatic heterocycles. The van der Waals surface area contributed by atoms with Gasteiger partial charge in [-0.1, -0.05) is 12.1 Å². The molecule has 170 valence electrons. The zero-order valence-electron chi connectivity index (χ0n) is 19.2. The Morgan fingerprint density at radius 1 is 1.17 bits per heavy atom. The lowest BCUT2D eigenvalue weighted by Gasteiger charge is -2.34. The molecule has 7 heteroatoms. The molecule has 0 aromatic heterocycles. The maximum atomic E-state index is 13.4. The summed E-state index contributed by atoms with van der Waals surface area (Å²) in [5.41, 5.74) is 1.09. The van der Waals surface area contributed by atoms with Gasteiger partial charge in [0.1, 0.15) is 5.82 Å². The van der Waals surface area contributed by atoms with Gasteiger partial charge in [0.25, 0.3) is 0 Å². The van der Waals surface area contributed by atoms with Gasteiger partial charge in [-0.3, -0.25) is 9.89 Å². The zero-order chi connectivity index (χ0) is 21.8. The van der Waals surface area contributed by atoms with Crippen LogP contribution in [0.25, 0.3) is 0 Å². The maximum absolute atomic E-state index is 13.4. The van der Waals surface area contributed by atoms with Gasteiger partial charge in [-0.05, 0) is 64.9 Å². The predicted octanol–water partition coefficient (Wildman–Crippen LogP) is 2.87. The fraction of sp³-hybridized carbons (Fsp3) is 0.696. The minimum absolute atomic E-state index is 0.115. The molecule has 1 unspecified atom stereocenters. The highest BCUT2D eigenvalue weighted by molar-refractivity contribution is 5.79. The summed E-state index contributed by atoms with van der Waals surface area (Å²) in [7, 11) is 2.17. The van der Waals surface area contributed by atoms with E-state index in [9.17, 15) is 4.39 Å². The number of hydrogen-bond donors (Lipinski definition) is 2. The van der Waals surface area contributed by atoms with Crippen LogP contribution in [-0.4, -0.2) is 81.3 Å². The molecular formula is C23H40FN5O. The second-order valence-corrected chi connectivity index (χ2v) is 8.14. The first-order valence-electron chi connectivity index (χ1n) is 11.3. The molecule has 1 saturated heterocycles. The summed E-state index contributed by atoms with van der Waals surface area (Å²) < 4.78 is 18.9. The van der Waals surface area contributed by atoms with Crippen LogP contribution in [0.5, 0.6) is 0 Å². The third kappa shape index (κ3) is 8.58. The van der Waals surface area contributed by atoms with Crippen LogP contribution in [0, 0.1) is 5.82 Å². The predicted molar refractivity (Wildman–Crippen MR) is 123 cm³/mol. The molecule has 1 aromatic rings. The van der Waals surface area contributed by atoms with Crippen molar-refractivity contribution in [2.75, 3.05) is 59.5 Å². The van der Waals surface area contributed by atoms with Gasteiger partial charge in [-0.25, -0.2) is 4.39 Å². The normalized spacial score (nSPS) is 16.8. The highest BCUT2D eigenvalue weighted by Crippen LogP contribution is 2.22. The fourth-order valence-corrected chi connectivity index (χ4v) is 3.48. The lowest BCUT2D eigenvalue weighted by molar-refractivity contribution is 0.0179. The molecular weight excluding hydrogens is 381 g/mol. The number of guanidine groups is 1. The molecule has 0 spiro atoms. The smallest absolute Gasteiger partial charge is 0.191 e. The summed E-state index contributed by atoms with van der Waals surface area (Å²) in [4.78, 5) is 9.61. The van der Waals surface area contributed by atoms with Gasteiger partial charge in [-0.2, -0.15) is 0 Å². The van der Waals surface area contributed by atoms with Gasteiger partial charge in [-0.15, -0.1) is 0 Å². The minimum Gasteiger partial charge on any atom is -0.379 e. The van der Waals surface area contributed by atoms with Crippen molar-refractivity contribution in [3.05, 3.63) is 35.6 Å². The average Bonchev–Trinajstić information content (AvgIpc) is 2.75. The maximum Gasteiger partial charge on any atom is 0.191 e. The lowest BCUT2D eigenvalue weighted by Crippen LogP contribution is -2.42. The number of ether oxygens (including phenoxy) is 1. The Bertz CT molecular complexity index is 617. The summed E-state index contributed by atoms with van der Waals surface area (Å²) in [6.45, 7) is 13.2. The molecule has 6 nitrogen and oxygen atoms in total. The molecule has 2 N–H and O–H groups in total. The van der Waals surface area contributed by atoms with Crippen LogP contribution < -0.4 is 10.6 Å². The summed E-state index contributed by atoms with van der Waals surface area (Å²) in [5, 5.41) is 6.80. The van der Waals surface area contributed by atoms with Crippen LogP contribution >= 0.6 is 0 Å². The van der Waals surface area contributed by atoms with Crippen molar-refractivity contribution in [1.29, 1.82) is 0 Å². The number of hydrogen-bond acceptors (Lipinski definition) is 4. The van der Waals surface area contributed by atoms with Gasteiger partial charge in [0.05, 0.1) is 25.8 Å². The minimum atomic E-state index is -0.207. The lowest BCUT2D eigenvalue weighted by atomic mass is 10.0. The topological polar surface area (TPSA) is 52.1 Å². The highest BCUT2D eigenvalue weighted by Gasteiger charge is 2.22. The SMILES string of the molecule is CCNC(=NCC(c1ccc(F)cc1)N1CCOCC1)NCCCCN(C)C(C)C. The third-order valence-corrected chi connectivity index (χ3v) is 5.62. The molecule has 0 bridgehead atoms. The van der Waals surface area contributed by atoms with E-state index in [4.69, 9.17) is 9.73 Å². The second-order valence-electron chi connectivity index (χ2n) is 8.14. The molecule has 1 heterocycles. The van der Waals surface area contributed by atoms with E-state index in [0.29, 0.717) is 12.6 Å². The molecule has 0 amide bonds. The Kier molecular flexibility index (Phi) is 11.1. The monoisotopic (exact) mass is 421 g/mol. The fourth-order valence-electron chi connectivity index (χ4n) is 3.48. The van der Waals surface area contributed by atoms with Crippen LogP contribution in [0.3, 0.4) is 0 Å². The van der Waals surface area contributed by atoms with E-state index < -0.39 is 0 Å².